The summed E-state index contributed by atoms with van der Waals surface area (Å²) in [5.74, 6) is 1.11. The number of benzene rings is 1. The molecule has 112 valence electrons. The normalized spacial score (nSPS) is 11.0. The second-order valence-corrected chi connectivity index (χ2v) is 6.45. The Morgan fingerprint density at radius 1 is 1.29 bits per heavy atom. The SMILES string of the molecule is CCNc1nc(-c2cc(F)cc(Cl)c2)nc(C(C)C)c1I. The minimum atomic E-state index is -0.393. The molecule has 3 nitrogen and oxygen atoms in total. The van der Waals surface area contributed by atoms with E-state index in [1.54, 1.807) is 6.07 Å². The molecule has 1 aromatic heterocycles. The van der Waals surface area contributed by atoms with Crippen LogP contribution in [0.4, 0.5) is 10.2 Å². The van der Waals surface area contributed by atoms with Gasteiger partial charge in [0.15, 0.2) is 5.82 Å². The summed E-state index contributed by atoms with van der Waals surface area (Å²) in [4.78, 5) is 9.09. The van der Waals surface area contributed by atoms with Crippen LogP contribution in [0, 0.1) is 9.39 Å². The van der Waals surface area contributed by atoms with Gasteiger partial charge >= 0.3 is 0 Å². The molecule has 1 aromatic carbocycles. The first-order valence-corrected chi connectivity index (χ1v) is 8.15. The van der Waals surface area contributed by atoms with Crippen molar-refractivity contribution in [2.75, 3.05) is 11.9 Å². The van der Waals surface area contributed by atoms with Crippen molar-refractivity contribution in [3.05, 3.63) is 38.3 Å². The van der Waals surface area contributed by atoms with Gasteiger partial charge in [-0.15, -0.1) is 0 Å². The van der Waals surface area contributed by atoms with Crippen molar-refractivity contribution in [2.24, 2.45) is 0 Å². The van der Waals surface area contributed by atoms with Crippen LogP contribution in [0.5, 0.6) is 0 Å². The lowest BCUT2D eigenvalue weighted by atomic mass is 10.1. The predicted molar refractivity (Wildman–Crippen MR) is 93.4 cm³/mol. The van der Waals surface area contributed by atoms with Crippen LogP contribution in [0.2, 0.25) is 5.02 Å². The first-order valence-electron chi connectivity index (χ1n) is 6.70. The van der Waals surface area contributed by atoms with Gasteiger partial charge in [0.05, 0.1) is 9.26 Å². The number of hydrogen-bond acceptors (Lipinski definition) is 3. The van der Waals surface area contributed by atoms with E-state index in [2.05, 4.69) is 51.7 Å². The zero-order valence-electron chi connectivity index (χ0n) is 12.0. The van der Waals surface area contributed by atoms with Crippen molar-refractivity contribution in [1.82, 2.24) is 9.97 Å². The fourth-order valence-corrected chi connectivity index (χ4v) is 3.22. The number of rotatable bonds is 4. The summed E-state index contributed by atoms with van der Waals surface area (Å²) in [6.45, 7) is 6.91. The van der Waals surface area contributed by atoms with Gasteiger partial charge in [0.1, 0.15) is 11.6 Å². The molecule has 1 heterocycles. The van der Waals surface area contributed by atoms with Crippen LogP contribution < -0.4 is 5.32 Å². The number of hydrogen-bond donors (Lipinski definition) is 1. The van der Waals surface area contributed by atoms with Crippen molar-refractivity contribution in [3.8, 4) is 11.4 Å². The van der Waals surface area contributed by atoms with Crippen LogP contribution in [0.3, 0.4) is 0 Å². The highest BCUT2D eigenvalue weighted by Gasteiger charge is 2.16. The van der Waals surface area contributed by atoms with Crippen molar-refractivity contribution < 1.29 is 4.39 Å². The summed E-state index contributed by atoms with van der Waals surface area (Å²) in [5, 5.41) is 3.56. The summed E-state index contributed by atoms with van der Waals surface area (Å²) in [6, 6.07) is 4.34. The quantitative estimate of drug-likeness (QED) is 0.701. The molecule has 0 aliphatic heterocycles. The molecule has 0 saturated heterocycles. The standard InChI is InChI=1S/C15H16ClFIN3/c1-4-19-15-12(18)13(8(2)3)20-14(21-15)9-5-10(16)7-11(17)6-9/h5-8H,4H2,1-3H3,(H,19,20,21). The predicted octanol–water partition coefficient (Wildman–Crippen LogP) is 5.10. The van der Waals surface area contributed by atoms with E-state index in [0.29, 0.717) is 16.4 Å². The molecule has 0 amide bonds. The maximum absolute atomic E-state index is 13.5. The van der Waals surface area contributed by atoms with Crippen molar-refractivity contribution in [2.45, 2.75) is 26.7 Å². The molecule has 0 radical (unpaired) electrons. The van der Waals surface area contributed by atoms with Crippen LogP contribution in [0.25, 0.3) is 11.4 Å². The second-order valence-electron chi connectivity index (χ2n) is 4.94. The highest BCUT2D eigenvalue weighted by Crippen LogP contribution is 2.29. The number of aromatic nitrogens is 2. The summed E-state index contributed by atoms with van der Waals surface area (Å²) in [6.07, 6.45) is 0. The largest absolute Gasteiger partial charge is 0.369 e. The molecule has 0 bridgehead atoms. The number of halogens is 3. The van der Waals surface area contributed by atoms with Crippen molar-refractivity contribution in [3.63, 3.8) is 0 Å². The molecule has 2 rings (SSSR count). The summed E-state index contributed by atoms with van der Waals surface area (Å²) in [5.41, 5.74) is 1.52. The maximum atomic E-state index is 13.5. The maximum Gasteiger partial charge on any atom is 0.161 e. The van der Waals surface area contributed by atoms with Gasteiger partial charge in [-0.3, -0.25) is 0 Å². The average Bonchev–Trinajstić information content (AvgIpc) is 2.39. The zero-order chi connectivity index (χ0) is 15.6. The summed E-state index contributed by atoms with van der Waals surface area (Å²) < 4.78 is 14.5. The zero-order valence-corrected chi connectivity index (χ0v) is 15.0. The van der Waals surface area contributed by atoms with Crippen LogP contribution in [-0.4, -0.2) is 16.5 Å². The van der Waals surface area contributed by atoms with Gasteiger partial charge in [0.2, 0.25) is 0 Å². The van der Waals surface area contributed by atoms with Gasteiger partial charge in [-0.1, -0.05) is 25.4 Å². The van der Waals surface area contributed by atoms with Crippen LogP contribution >= 0.6 is 34.2 Å². The molecule has 0 aliphatic carbocycles. The molecular formula is C15H16ClFIN3. The Morgan fingerprint density at radius 3 is 2.57 bits per heavy atom. The third-order valence-corrected chi connectivity index (χ3v) is 4.17. The minimum absolute atomic E-state index is 0.250. The molecule has 0 saturated carbocycles. The van der Waals surface area contributed by atoms with Crippen molar-refractivity contribution in [1.29, 1.82) is 0 Å². The van der Waals surface area contributed by atoms with Gasteiger partial charge in [0, 0.05) is 17.1 Å². The number of nitrogens with zero attached hydrogens (tertiary/aromatic N) is 2. The van der Waals surface area contributed by atoms with E-state index in [4.69, 9.17) is 11.6 Å². The van der Waals surface area contributed by atoms with Gasteiger partial charge in [-0.25, -0.2) is 14.4 Å². The Bertz CT molecular complexity index is 641. The fraction of sp³-hybridized carbons (Fsp3) is 0.333. The van der Waals surface area contributed by atoms with Crippen LogP contribution in [0.1, 0.15) is 32.4 Å². The molecule has 2 aromatic rings. The van der Waals surface area contributed by atoms with E-state index in [0.717, 1.165) is 21.6 Å². The summed E-state index contributed by atoms with van der Waals surface area (Å²) >= 11 is 8.16. The molecule has 1 N–H and O–H groups in total. The molecule has 0 fully saturated rings. The fourth-order valence-electron chi connectivity index (χ4n) is 1.94. The molecule has 0 unspecified atom stereocenters. The molecule has 6 heteroatoms. The highest BCUT2D eigenvalue weighted by molar-refractivity contribution is 14.1. The Hall–Kier alpha value is -0.950. The van der Waals surface area contributed by atoms with Crippen LogP contribution in [-0.2, 0) is 0 Å². The lowest BCUT2D eigenvalue weighted by Crippen LogP contribution is -2.09. The lowest BCUT2D eigenvalue weighted by Gasteiger charge is -2.14. The number of nitrogens with one attached hydrogen (secondary N) is 1. The van der Waals surface area contributed by atoms with Crippen LogP contribution in [0.15, 0.2) is 18.2 Å². The van der Waals surface area contributed by atoms with Crippen molar-refractivity contribution >= 4 is 40.0 Å². The molecule has 0 spiro atoms. The van der Waals surface area contributed by atoms with Gasteiger partial charge in [-0.05, 0) is 53.6 Å². The third-order valence-electron chi connectivity index (χ3n) is 2.89. The Morgan fingerprint density at radius 2 is 2.00 bits per heavy atom. The lowest BCUT2D eigenvalue weighted by molar-refractivity contribution is 0.628. The molecular weight excluding hydrogens is 404 g/mol. The Kier molecular flexibility index (Phi) is 5.37. The van der Waals surface area contributed by atoms with Gasteiger partial charge < -0.3 is 5.32 Å². The van der Waals surface area contributed by atoms with E-state index in [9.17, 15) is 4.39 Å². The second kappa shape index (κ2) is 6.87. The Labute approximate surface area is 142 Å². The van der Waals surface area contributed by atoms with Gasteiger partial charge in [-0.2, -0.15) is 0 Å². The van der Waals surface area contributed by atoms with E-state index in [1.165, 1.54) is 12.1 Å². The minimum Gasteiger partial charge on any atom is -0.369 e. The highest BCUT2D eigenvalue weighted by atomic mass is 127. The topological polar surface area (TPSA) is 37.8 Å². The van der Waals surface area contributed by atoms with E-state index < -0.39 is 5.82 Å². The van der Waals surface area contributed by atoms with E-state index in [1.807, 2.05) is 6.92 Å². The third kappa shape index (κ3) is 3.83. The monoisotopic (exact) mass is 419 g/mol. The summed E-state index contributed by atoms with van der Waals surface area (Å²) in [7, 11) is 0. The van der Waals surface area contributed by atoms with Gasteiger partial charge in [0.25, 0.3) is 0 Å². The molecule has 0 atom stereocenters. The van der Waals surface area contributed by atoms with E-state index >= 15 is 0 Å². The smallest absolute Gasteiger partial charge is 0.161 e. The molecule has 0 aliphatic rings. The Balaban J connectivity index is 2.62. The first kappa shape index (κ1) is 16.4. The van der Waals surface area contributed by atoms with E-state index in [-0.39, 0.29) is 5.92 Å². The number of anilines is 1. The first-order chi connectivity index (χ1) is 9.92. The average molecular weight is 420 g/mol. The molecule has 21 heavy (non-hydrogen) atoms.